The summed E-state index contributed by atoms with van der Waals surface area (Å²) in [6, 6.07) is 2.09. The number of pyridine rings is 1. The van der Waals surface area contributed by atoms with E-state index in [0.29, 0.717) is 0 Å². The summed E-state index contributed by atoms with van der Waals surface area (Å²) in [5.74, 6) is 0. The van der Waals surface area contributed by atoms with Crippen molar-refractivity contribution in [2.75, 3.05) is 0 Å². The third kappa shape index (κ3) is 1.45. The van der Waals surface area contributed by atoms with Crippen LogP contribution in [0.4, 0.5) is 0 Å². The van der Waals surface area contributed by atoms with Crippen molar-refractivity contribution < 1.29 is 0 Å². The average molecular weight is 187 g/mol. The molecule has 0 amide bonds. The predicted octanol–water partition coefficient (Wildman–Crippen LogP) is 2.15. The van der Waals surface area contributed by atoms with Crippen LogP contribution in [0.15, 0.2) is 18.5 Å². The third-order valence-electron chi connectivity index (χ3n) is 2.34. The lowest BCUT2D eigenvalue weighted by Crippen LogP contribution is -1.98. The first kappa shape index (κ1) is 9.06. The smallest absolute Gasteiger partial charge is 0.178 e. The SMILES string of the molecule is CCc1cc2nccnc2nc1CC. The fourth-order valence-electron chi connectivity index (χ4n) is 1.59. The Morgan fingerprint density at radius 1 is 1.07 bits per heavy atom. The zero-order valence-corrected chi connectivity index (χ0v) is 8.49. The van der Waals surface area contributed by atoms with Crippen LogP contribution >= 0.6 is 0 Å². The highest BCUT2D eigenvalue weighted by molar-refractivity contribution is 5.70. The highest BCUT2D eigenvalue weighted by Gasteiger charge is 2.04. The van der Waals surface area contributed by atoms with Gasteiger partial charge in [-0.2, -0.15) is 0 Å². The summed E-state index contributed by atoms with van der Waals surface area (Å²) in [6.07, 6.45) is 5.34. The third-order valence-corrected chi connectivity index (χ3v) is 2.34. The molecule has 2 heterocycles. The van der Waals surface area contributed by atoms with Gasteiger partial charge in [-0.15, -0.1) is 0 Å². The molecule has 72 valence electrons. The van der Waals surface area contributed by atoms with Gasteiger partial charge >= 0.3 is 0 Å². The largest absolute Gasteiger partial charge is 0.251 e. The molecule has 0 unspecified atom stereocenters. The molecule has 0 N–H and O–H groups in total. The predicted molar refractivity (Wildman–Crippen MR) is 56.1 cm³/mol. The maximum atomic E-state index is 4.49. The molecule has 0 aliphatic carbocycles. The summed E-state index contributed by atoms with van der Waals surface area (Å²) in [4.78, 5) is 12.9. The summed E-state index contributed by atoms with van der Waals surface area (Å²) in [6.45, 7) is 4.25. The van der Waals surface area contributed by atoms with Crippen molar-refractivity contribution in [1.82, 2.24) is 15.0 Å². The second kappa shape index (κ2) is 3.70. The van der Waals surface area contributed by atoms with E-state index in [1.165, 1.54) is 5.56 Å². The molecule has 14 heavy (non-hydrogen) atoms. The quantitative estimate of drug-likeness (QED) is 0.723. The van der Waals surface area contributed by atoms with Crippen molar-refractivity contribution in [1.29, 1.82) is 0 Å². The number of nitrogens with zero attached hydrogens (tertiary/aromatic N) is 3. The van der Waals surface area contributed by atoms with Gasteiger partial charge in [-0.3, -0.25) is 4.98 Å². The number of aromatic nitrogens is 3. The Balaban J connectivity index is 2.69. The van der Waals surface area contributed by atoms with Crippen molar-refractivity contribution in [2.24, 2.45) is 0 Å². The van der Waals surface area contributed by atoms with E-state index >= 15 is 0 Å². The lowest BCUT2D eigenvalue weighted by Gasteiger charge is -2.05. The Hall–Kier alpha value is -1.51. The van der Waals surface area contributed by atoms with Crippen LogP contribution in [-0.2, 0) is 12.8 Å². The molecule has 3 nitrogen and oxygen atoms in total. The van der Waals surface area contributed by atoms with Crippen molar-refractivity contribution in [3.8, 4) is 0 Å². The molecular formula is C11H13N3. The van der Waals surface area contributed by atoms with Gasteiger partial charge in [0.15, 0.2) is 5.65 Å². The van der Waals surface area contributed by atoms with E-state index in [-0.39, 0.29) is 0 Å². The van der Waals surface area contributed by atoms with Gasteiger partial charge in [0.25, 0.3) is 0 Å². The number of fused-ring (bicyclic) bond motifs is 1. The number of aryl methyl sites for hydroxylation is 2. The first-order chi connectivity index (χ1) is 6.85. The summed E-state index contributed by atoms with van der Waals surface area (Å²) in [5.41, 5.74) is 4.06. The van der Waals surface area contributed by atoms with E-state index < -0.39 is 0 Å². The molecule has 0 radical (unpaired) electrons. The second-order valence-corrected chi connectivity index (χ2v) is 3.20. The molecule has 0 saturated heterocycles. The molecule has 2 aromatic rings. The van der Waals surface area contributed by atoms with Gasteiger partial charge in [0, 0.05) is 18.1 Å². The van der Waals surface area contributed by atoms with Crippen LogP contribution in [-0.4, -0.2) is 15.0 Å². The minimum absolute atomic E-state index is 0.751. The van der Waals surface area contributed by atoms with E-state index in [1.54, 1.807) is 12.4 Å². The number of hydrogen-bond donors (Lipinski definition) is 0. The normalized spacial score (nSPS) is 10.7. The Labute approximate surface area is 83.2 Å². The van der Waals surface area contributed by atoms with Crippen LogP contribution in [0.3, 0.4) is 0 Å². The van der Waals surface area contributed by atoms with Gasteiger partial charge in [0.05, 0.1) is 0 Å². The van der Waals surface area contributed by atoms with Crippen LogP contribution in [0.5, 0.6) is 0 Å². The fourth-order valence-corrected chi connectivity index (χ4v) is 1.59. The molecule has 0 spiro atoms. The van der Waals surface area contributed by atoms with Gasteiger partial charge < -0.3 is 0 Å². The first-order valence-corrected chi connectivity index (χ1v) is 4.94. The average Bonchev–Trinajstić information content (AvgIpc) is 2.27. The molecule has 0 aromatic carbocycles. The van der Waals surface area contributed by atoms with Gasteiger partial charge in [0.1, 0.15) is 5.52 Å². The van der Waals surface area contributed by atoms with Crippen molar-refractivity contribution in [2.45, 2.75) is 26.7 Å². The second-order valence-electron chi connectivity index (χ2n) is 3.20. The number of rotatable bonds is 2. The fraction of sp³-hybridized carbons (Fsp3) is 0.364. The molecule has 2 aromatic heterocycles. The molecule has 0 bridgehead atoms. The van der Waals surface area contributed by atoms with Gasteiger partial charge in [-0.1, -0.05) is 13.8 Å². The van der Waals surface area contributed by atoms with E-state index in [2.05, 4.69) is 34.9 Å². The zero-order chi connectivity index (χ0) is 9.97. The lowest BCUT2D eigenvalue weighted by molar-refractivity contribution is 0.970. The minimum Gasteiger partial charge on any atom is -0.251 e. The first-order valence-electron chi connectivity index (χ1n) is 4.94. The zero-order valence-electron chi connectivity index (χ0n) is 8.49. The van der Waals surface area contributed by atoms with Crippen LogP contribution in [0.1, 0.15) is 25.1 Å². The molecule has 0 aliphatic heterocycles. The van der Waals surface area contributed by atoms with Crippen LogP contribution in [0.2, 0.25) is 0 Å². The Kier molecular flexibility index (Phi) is 2.39. The summed E-state index contributed by atoms with van der Waals surface area (Å²) in [7, 11) is 0. The van der Waals surface area contributed by atoms with Crippen molar-refractivity contribution in [3.63, 3.8) is 0 Å². The maximum Gasteiger partial charge on any atom is 0.178 e. The molecule has 2 rings (SSSR count). The summed E-state index contributed by atoms with van der Waals surface area (Å²) in [5, 5.41) is 0. The highest BCUT2D eigenvalue weighted by Crippen LogP contribution is 2.13. The van der Waals surface area contributed by atoms with Gasteiger partial charge in [0.2, 0.25) is 0 Å². The van der Waals surface area contributed by atoms with Crippen LogP contribution in [0, 0.1) is 0 Å². The maximum absolute atomic E-state index is 4.49. The van der Waals surface area contributed by atoms with E-state index in [0.717, 1.165) is 29.7 Å². The van der Waals surface area contributed by atoms with E-state index in [9.17, 15) is 0 Å². The van der Waals surface area contributed by atoms with Crippen LogP contribution in [0.25, 0.3) is 11.2 Å². The van der Waals surface area contributed by atoms with Gasteiger partial charge in [-0.05, 0) is 24.5 Å². The molecule has 0 atom stereocenters. The number of hydrogen-bond acceptors (Lipinski definition) is 3. The summed E-state index contributed by atoms with van der Waals surface area (Å²) >= 11 is 0. The van der Waals surface area contributed by atoms with Crippen molar-refractivity contribution >= 4 is 11.2 Å². The van der Waals surface area contributed by atoms with Gasteiger partial charge in [-0.25, -0.2) is 9.97 Å². The molecular weight excluding hydrogens is 174 g/mol. The molecule has 0 fully saturated rings. The Morgan fingerprint density at radius 2 is 1.86 bits per heavy atom. The molecule has 0 aliphatic rings. The molecule has 0 saturated carbocycles. The standard InChI is InChI=1S/C11H13N3/c1-3-8-7-10-11(13-6-5-12-10)14-9(8)4-2/h5-7H,3-4H2,1-2H3. The minimum atomic E-state index is 0.751. The molecule has 3 heteroatoms. The summed E-state index contributed by atoms with van der Waals surface area (Å²) < 4.78 is 0. The highest BCUT2D eigenvalue weighted by atomic mass is 14.9. The van der Waals surface area contributed by atoms with E-state index in [4.69, 9.17) is 0 Å². The van der Waals surface area contributed by atoms with Crippen molar-refractivity contribution in [3.05, 3.63) is 29.7 Å². The van der Waals surface area contributed by atoms with E-state index in [1.807, 2.05) is 0 Å². The lowest BCUT2D eigenvalue weighted by atomic mass is 10.1. The topological polar surface area (TPSA) is 38.7 Å². The monoisotopic (exact) mass is 187 g/mol. The Morgan fingerprint density at radius 3 is 2.57 bits per heavy atom. The van der Waals surface area contributed by atoms with Crippen LogP contribution < -0.4 is 0 Å². The Bertz CT molecular complexity index is 409.